The lowest BCUT2D eigenvalue weighted by molar-refractivity contribution is -0.0937. The van der Waals surface area contributed by atoms with Crippen LogP contribution in [0.15, 0.2) is 0 Å². The highest BCUT2D eigenvalue weighted by molar-refractivity contribution is 5.04. The molecule has 0 aromatic heterocycles. The van der Waals surface area contributed by atoms with E-state index in [2.05, 4.69) is 6.92 Å². The van der Waals surface area contributed by atoms with E-state index in [0.717, 1.165) is 19.3 Å². The summed E-state index contributed by atoms with van der Waals surface area (Å²) in [6, 6.07) is 0. The van der Waals surface area contributed by atoms with Gasteiger partial charge in [0, 0.05) is 0 Å². The fourth-order valence-corrected chi connectivity index (χ4v) is 3.16. The summed E-state index contributed by atoms with van der Waals surface area (Å²) in [6.45, 7) is 2.24. The highest BCUT2D eigenvalue weighted by atomic mass is 19.1. The van der Waals surface area contributed by atoms with Crippen molar-refractivity contribution in [2.75, 3.05) is 6.67 Å². The van der Waals surface area contributed by atoms with E-state index in [1.165, 1.54) is 12.8 Å². The van der Waals surface area contributed by atoms with Gasteiger partial charge in [-0.2, -0.15) is 0 Å². The average Bonchev–Trinajstić information content (AvgIpc) is 1.86. The fourth-order valence-electron chi connectivity index (χ4n) is 3.16. The number of fused-ring (bicyclic) bond motifs is 2. The Labute approximate surface area is 61.8 Å². The van der Waals surface area contributed by atoms with Crippen molar-refractivity contribution in [2.45, 2.75) is 39.0 Å². The Morgan fingerprint density at radius 2 is 2.00 bits per heavy atom. The highest BCUT2D eigenvalue weighted by Gasteiger charge is 2.54. The Morgan fingerprint density at radius 1 is 1.30 bits per heavy atom. The third-order valence-electron chi connectivity index (χ3n) is 3.37. The van der Waals surface area contributed by atoms with Gasteiger partial charge in [-0.3, -0.25) is 4.39 Å². The van der Waals surface area contributed by atoms with E-state index in [1.54, 1.807) is 0 Å². The van der Waals surface area contributed by atoms with Gasteiger partial charge in [-0.05, 0) is 36.5 Å². The number of hydrogen-bond donors (Lipinski definition) is 0. The second-order valence-electron chi connectivity index (χ2n) is 4.65. The maximum Gasteiger partial charge on any atom is 0.0951 e. The van der Waals surface area contributed by atoms with Crippen LogP contribution in [-0.4, -0.2) is 6.67 Å². The molecule has 0 N–H and O–H groups in total. The average molecular weight is 142 g/mol. The molecular weight excluding hydrogens is 127 g/mol. The molecule has 10 heavy (non-hydrogen) atoms. The molecule has 3 aliphatic carbocycles. The molecule has 0 saturated heterocycles. The lowest BCUT2D eigenvalue weighted by Gasteiger charge is -2.58. The zero-order valence-electron chi connectivity index (χ0n) is 6.62. The first kappa shape index (κ1) is 6.63. The summed E-state index contributed by atoms with van der Waals surface area (Å²) in [4.78, 5) is 0. The monoisotopic (exact) mass is 142 g/mol. The van der Waals surface area contributed by atoms with Gasteiger partial charge in [0.2, 0.25) is 0 Å². The van der Waals surface area contributed by atoms with Crippen molar-refractivity contribution < 1.29 is 4.39 Å². The van der Waals surface area contributed by atoms with E-state index < -0.39 is 0 Å². The predicted octanol–water partition coefficient (Wildman–Crippen LogP) is 2.93. The van der Waals surface area contributed by atoms with Crippen molar-refractivity contribution in [2.24, 2.45) is 10.8 Å². The zero-order chi connectivity index (χ0) is 7.24. The smallest absolute Gasteiger partial charge is 0.0951 e. The fraction of sp³-hybridized carbons (Fsp3) is 1.00. The first-order valence-electron chi connectivity index (χ1n) is 4.24. The Balaban J connectivity index is 2.08. The van der Waals surface area contributed by atoms with Crippen LogP contribution >= 0.6 is 0 Å². The molecule has 3 saturated carbocycles. The normalized spacial score (nSPS) is 52.2. The summed E-state index contributed by atoms with van der Waals surface area (Å²) >= 11 is 0. The van der Waals surface area contributed by atoms with Gasteiger partial charge in [-0.1, -0.05) is 13.3 Å². The summed E-state index contributed by atoms with van der Waals surface area (Å²) in [5, 5.41) is 0. The predicted molar refractivity (Wildman–Crippen MR) is 39.6 cm³/mol. The van der Waals surface area contributed by atoms with Crippen LogP contribution in [0.1, 0.15) is 39.0 Å². The third-order valence-corrected chi connectivity index (χ3v) is 3.37. The van der Waals surface area contributed by atoms with E-state index in [0.29, 0.717) is 5.41 Å². The van der Waals surface area contributed by atoms with Crippen LogP contribution < -0.4 is 0 Å². The van der Waals surface area contributed by atoms with Crippen LogP contribution in [0.5, 0.6) is 0 Å². The van der Waals surface area contributed by atoms with Crippen LogP contribution in [0, 0.1) is 10.8 Å². The molecule has 2 bridgehead atoms. The molecular formula is C9H15F. The van der Waals surface area contributed by atoms with Crippen molar-refractivity contribution >= 4 is 0 Å². The van der Waals surface area contributed by atoms with E-state index in [9.17, 15) is 4.39 Å². The third kappa shape index (κ3) is 0.724. The molecule has 58 valence electrons. The second kappa shape index (κ2) is 1.75. The van der Waals surface area contributed by atoms with Crippen LogP contribution in [0.3, 0.4) is 0 Å². The van der Waals surface area contributed by atoms with Gasteiger partial charge in [0.1, 0.15) is 0 Å². The molecule has 0 atom stereocenters. The van der Waals surface area contributed by atoms with E-state index in [1.807, 2.05) is 0 Å². The van der Waals surface area contributed by atoms with Crippen molar-refractivity contribution in [3.05, 3.63) is 0 Å². The van der Waals surface area contributed by atoms with Crippen LogP contribution in [0.2, 0.25) is 0 Å². The number of rotatable bonds is 1. The van der Waals surface area contributed by atoms with Gasteiger partial charge in [-0.15, -0.1) is 0 Å². The Kier molecular flexibility index (Phi) is 1.16. The van der Waals surface area contributed by atoms with Gasteiger partial charge < -0.3 is 0 Å². The topological polar surface area (TPSA) is 0 Å². The van der Waals surface area contributed by atoms with Crippen LogP contribution in [0.25, 0.3) is 0 Å². The number of hydrogen-bond acceptors (Lipinski definition) is 0. The summed E-state index contributed by atoms with van der Waals surface area (Å²) in [7, 11) is 0. The minimum Gasteiger partial charge on any atom is -0.250 e. The maximum atomic E-state index is 12.5. The zero-order valence-corrected chi connectivity index (χ0v) is 6.62. The molecule has 0 spiro atoms. The molecule has 0 nitrogen and oxygen atoms in total. The van der Waals surface area contributed by atoms with E-state index in [-0.39, 0.29) is 12.1 Å². The Bertz CT molecular complexity index is 145. The largest absolute Gasteiger partial charge is 0.250 e. The van der Waals surface area contributed by atoms with Crippen molar-refractivity contribution in [1.82, 2.24) is 0 Å². The summed E-state index contributed by atoms with van der Waals surface area (Å²) in [6.07, 6.45) is 6.08. The van der Waals surface area contributed by atoms with Crippen molar-refractivity contribution in [3.63, 3.8) is 0 Å². The second-order valence-corrected chi connectivity index (χ2v) is 4.65. The van der Waals surface area contributed by atoms with Crippen LogP contribution in [-0.2, 0) is 0 Å². The standard InChI is InChI=1S/C9H15F/c1-8-3-2-4-9(5-8,6-8)7-10/h2-7H2,1H3. The minimum absolute atomic E-state index is 0.0669. The minimum atomic E-state index is -0.0669. The maximum absolute atomic E-state index is 12.5. The van der Waals surface area contributed by atoms with Gasteiger partial charge in [0.15, 0.2) is 0 Å². The lowest BCUT2D eigenvalue weighted by atomic mass is 9.47. The van der Waals surface area contributed by atoms with Gasteiger partial charge >= 0.3 is 0 Å². The van der Waals surface area contributed by atoms with Gasteiger partial charge in [0.05, 0.1) is 6.67 Å². The van der Waals surface area contributed by atoms with E-state index >= 15 is 0 Å². The summed E-state index contributed by atoms with van der Waals surface area (Å²) in [5.41, 5.74) is 0.706. The number of halogens is 1. The molecule has 3 aliphatic rings. The molecule has 3 fully saturated rings. The molecule has 0 heterocycles. The number of alkyl halides is 1. The molecule has 0 radical (unpaired) electrons. The molecule has 0 amide bonds. The molecule has 0 aromatic rings. The molecule has 0 aromatic carbocycles. The quantitative estimate of drug-likeness (QED) is 0.528. The highest BCUT2D eigenvalue weighted by Crippen LogP contribution is 2.63. The molecule has 1 heteroatoms. The SMILES string of the molecule is CC12CCCC(CF)(C1)C2. The lowest BCUT2D eigenvalue weighted by Crippen LogP contribution is -2.49. The Morgan fingerprint density at radius 3 is 2.40 bits per heavy atom. The van der Waals surface area contributed by atoms with Gasteiger partial charge in [-0.25, -0.2) is 0 Å². The summed E-state index contributed by atoms with van der Waals surface area (Å²) < 4.78 is 12.5. The molecule has 3 rings (SSSR count). The van der Waals surface area contributed by atoms with Crippen LogP contribution in [0.4, 0.5) is 4.39 Å². The first-order valence-corrected chi connectivity index (χ1v) is 4.24. The first-order chi connectivity index (χ1) is 4.68. The summed E-state index contributed by atoms with van der Waals surface area (Å²) in [5.74, 6) is 0. The van der Waals surface area contributed by atoms with Crippen molar-refractivity contribution in [3.8, 4) is 0 Å². The molecule has 0 aliphatic heterocycles. The van der Waals surface area contributed by atoms with Gasteiger partial charge in [0.25, 0.3) is 0 Å². The van der Waals surface area contributed by atoms with E-state index in [4.69, 9.17) is 0 Å². The molecule has 0 unspecified atom stereocenters. The van der Waals surface area contributed by atoms with Crippen molar-refractivity contribution in [1.29, 1.82) is 0 Å². The Hall–Kier alpha value is -0.0700.